The fourth-order valence-corrected chi connectivity index (χ4v) is 3.27. The summed E-state index contributed by atoms with van der Waals surface area (Å²) in [6.45, 7) is 20.2. The molecule has 0 unspecified atom stereocenters. The van der Waals surface area contributed by atoms with Gasteiger partial charge in [0.05, 0.1) is 20.5 Å². The van der Waals surface area contributed by atoms with E-state index < -0.39 is 0 Å². The minimum absolute atomic E-state index is 0.626. The van der Waals surface area contributed by atoms with E-state index in [0.29, 0.717) is 5.57 Å². The number of ether oxygens (including phenoxy) is 2. The lowest BCUT2D eigenvalue weighted by Gasteiger charge is -2.15. The monoisotopic (exact) mass is 551 g/mol. The van der Waals surface area contributed by atoms with Crippen molar-refractivity contribution in [2.75, 3.05) is 33.9 Å². The Bertz CT molecular complexity index is 1080. The molecule has 2 rings (SSSR count). The lowest BCUT2D eigenvalue weighted by atomic mass is 10.2. The molecule has 2 aromatic rings. The number of carbonyl (C=O) groups excluding carboxylic acids is 1. The van der Waals surface area contributed by atoms with Crippen LogP contribution in [0, 0.1) is 6.92 Å². The molecule has 5 heteroatoms. The lowest BCUT2D eigenvalue weighted by molar-refractivity contribution is -0.104. The number of aryl methyl sites for hydroxylation is 1. The Kier molecular flexibility index (Phi) is 26.1. The quantitative estimate of drug-likeness (QED) is 0.114. The summed E-state index contributed by atoms with van der Waals surface area (Å²) in [5.74, 6) is 1.65. The highest BCUT2D eigenvalue weighted by molar-refractivity contribution is 5.80. The highest BCUT2D eigenvalue weighted by Gasteiger charge is 2.00. The molecular weight excluding hydrogens is 498 g/mol. The van der Waals surface area contributed by atoms with E-state index in [9.17, 15) is 4.79 Å². The molecule has 0 radical (unpaired) electrons. The van der Waals surface area contributed by atoms with Gasteiger partial charge in [-0.25, -0.2) is 0 Å². The Morgan fingerprint density at radius 3 is 2.12 bits per heavy atom. The van der Waals surface area contributed by atoms with Gasteiger partial charge in [0.2, 0.25) is 0 Å². The molecule has 1 heterocycles. The van der Waals surface area contributed by atoms with Gasteiger partial charge in [-0.1, -0.05) is 70.6 Å². The molecule has 0 aliphatic heterocycles. The molecule has 0 N–H and O–H groups in total. The molecule has 0 fully saturated rings. The third kappa shape index (κ3) is 18.6. The maximum Gasteiger partial charge on any atom is 0.150 e. The summed E-state index contributed by atoms with van der Waals surface area (Å²) in [6.07, 6.45) is 20.1. The van der Waals surface area contributed by atoms with Crippen LogP contribution < -0.4 is 0 Å². The predicted octanol–water partition coefficient (Wildman–Crippen LogP) is 9.47. The Hall–Kier alpha value is -3.57. The Balaban J connectivity index is 0. The second kappa shape index (κ2) is 27.0. The molecular formula is C35H53NO4. The van der Waals surface area contributed by atoms with Crippen molar-refractivity contribution in [3.63, 3.8) is 0 Å². The van der Waals surface area contributed by atoms with E-state index in [1.165, 1.54) is 37.9 Å². The van der Waals surface area contributed by atoms with Gasteiger partial charge >= 0.3 is 0 Å². The van der Waals surface area contributed by atoms with Crippen molar-refractivity contribution < 1.29 is 18.7 Å². The second-order valence-corrected chi connectivity index (χ2v) is 8.20. The molecule has 40 heavy (non-hydrogen) atoms. The maximum atomic E-state index is 10.3. The number of nitrogens with zero attached hydrogens (tertiary/aromatic N) is 1. The summed E-state index contributed by atoms with van der Waals surface area (Å²) in [4.78, 5) is 12.7. The first kappa shape index (κ1) is 38.6. The standard InChI is InChI=1S/C17H18O2.C9H12O2.C7H17N.C2H6/c1-4-6-15(18-3)7-5-8-16-12-14-11-13(2)9-10-17(14)19-16;1-3-5-9(8-10)6-4-7-11-2;1-4-7-8(5-2)6-3;1-2/h4-12H,1-3H3;3-8H,1-2H3;4-7H2,1-3H3;1-2H3/b6-4-,8-5+,15-7+;5-3-,7-4+,9-6+;;. The number of rotatable bonds is 12. The largest absolute Gasteiger partial charge is 0.504 e. The highest BCUT2D eigenvalue weighted by Crippen LogP contribution is 2.21. The van der Waals surface area contributed by atoms with Crippen LogP contribution in [0.1, 0.15) is 66.2 Å². The van der Waals surface area contributed by atoms with Gasteiger partial charge in [0.25, 0.3) is 0 Å². The Morgan fingerprint density at radius 2 is 1.62 bits per heavy atom. The third-order valence-electron chi connectivity index (χ3n) is 5.21. The van der Waals surface area contributed by atoms with Crippen LogP contribution in [0.3, 0.4) is 0 Å². The fraction of sp³-hybridized carbons (Fsp3) is 0.400. The summed E-state index contributed by atoms with van der Waals surface area (Å²) in [7, 11) is 3.21. The number of methoxy groups -OCH3 is 2. The summed E-state index contributed by atoms with van der Waals surface area (Å²) < 4.78 is 15.6. The van der Waals surface area contributed by atoms with Crippen molar-refractivity contribution in [1.29, 1.82) is 0 Å². The number of aldehydes is 1. The zero-order chi connectivity index (χ0) is 30.6. The van der Waals surface area contributed by atoms with Crippen LogP contribution in [-0.2, 0) is 14.3 Å². The van der Waals surface area contributed by atoms with E-state index in [0.717, 1.165) is 28.8 Å². The number of benzene rings is 1. The molecule has 0 atom stereocenters. The molecule has 222 valence electrons. The summed E-state index contributed by atoms with van der Waals surface area (Å²) in [6, 6.07) is 8.20. The first-order chi connectivity index (χ1) is 19.4. The third-order valence-corrected chi connectivity index (χ3v) is 5.21. The van der Waals surface area contributed by atoms with E-state index in [2.05, 4.69) is 43.4 Å². The summed E-state index contributed by atoms with van der Waals surface area (Å²) in [5, 5.41) is 1.13. The smallest absolute Gasteiger partial charge is 0.150 e. The SMILES string of the molecule is CC.CCCN(CC)CC.C\C=C/C(=C\C=C\c1cc2cc(C)ccc2o1)OC.C\C=C/C(C=O)=C\C=C\OC. The lowest BCUT2D eigenvalue weighted by Crippen LogP contribution is -2.23. The Morgan fingerprint density at radius 1 is 0.950 bits per heavy atom. The summed E-state index contributed by atoms with van der Waals surface area (Å²) >= 11 is 0. The topological polar surface area (TPSA) is 51.9 Å². The zero-order valence-electron chi connectivity index (χ0n) is 26.6. The van der Waals surface area contributed by atoms with Crippen molar-refractivity contribution in [2.45, 2.75) is 61.8 Å². The van der Waals surface area contributed by atoms with Gasteiger partial charge < -0.3 is 18.8 Å². The number of carbonyl (C=O) groups is 1. The predicted molar refractivity (Wildman–Crippen MR) is 174 cm³/mol. The van der Waals surface area contributed by atoms with Crippen molar-refractivity contribution >= 4 is 23.3 Å². The number of fused-ring (bicyclic) bond motifs is 1. The van der Waals surface area contributed by atoms with Crippen LogP contribution in [0.15, 0.2) is 94.9 Å². The van der Waals surface area contributed by atoms with E-state index >= 15 is 0 Å². The van der Waals surface area contributed by atoms with Crippen molar-refractivity contribution in [3.8, 4) is 0 Å². The number of hydrogen-bond acceptors (Lipinski definition) is 5. The molecule has 0 spiro atoms. The van der Waals surface area contributed by atoms with Gasteiger partial charge in [0.15, 0.2) is 0 Å². The molecule has 1 aromatic carbocycles. The number of hydrogen-bond donors (Lipinski definition) is 0. The van der Waals surface area contributed by atoms with Crippen LogP contribution in [0.4, 0.5) is 0 Å². The number of furan rings is 1. The molecule has 0 aliphatic rings. The normalized spacial score (nSPS) is 11.9. The van der Waals surface area contributed by atoms with E-state index in [1.54, 1.807) is 38.5 Å². The van der Waals surface area contributed by atoms with Gasteiger partial charge in [-0.2, -0.15) is 0 Å². The first-order valence-electron chi connectivity index (χ1n) is 14.2. The molecule has 0 bridgehead atoms. The zero-order valence-corrected chi connectivity index (χ0v) is 26.6. The fourth-order valence-electron chi connectivity index (χ4n) is 3.27. The van der Waals surface area contributed by atoms with Gasteiger partial charge in [0, 0.05) is 11.0 Å². The van der Waals surface area contributed by atoms with Crippen LogP contribution in [-0.4, -0.2) is 45.0 Å². The van der Waals surface area contributed by atoms with Gasteiger partial charge in [-0.15, -0.1) is 0 Å². The van der Waals surface area contributed by atoms with Crippen LogP contribution in [0.5, 0.6) is 0 Å². The Labute approximate surface area is 244 Å². The molecule has 1 aromatic heterocycles. The number of allylic oxidation sites excluding steroid dienone is 9. The second-order valence-electron chi connectivity index (χ2n) is 8.20. The minimum atomic E-state index is 0.626. The molecule has 0 amide bonds. The average molecular weight is 552 g/mol. The van der Waals surface area contributed by atoms with Crippen molar-refractivity contribution in [1.82, 2.24) is 4.90 Å². The molecule has 0 saturated carbocycles. The highest BCUT2D eigenvalue weighted by atomic mass is 16.5. The minimum Gasteiger partial charge on any atom is -0.504 e. The van der Waals surface area contributed by atoms with Crippen LogP contribution in [0.2, 0.25) is 0 Å². The van der Waals surface area contributed by atoms with Gasteiger partial charge in [-0.05, 0) is 95.4 Å². The molecule has 5 nitrogen and oxygen atoms in total. The van der Waals surface area contributed by atoms with Gasteiger partial charge in [0.1, 0.15) is 23.4 Å². The van der Waals surface area contributed by atoms with Crippen LogP contribution >= 0.6 is 0 Å². The van der Waals surface area contributed by atoms with Crippen LogP contribution in [0.25, 0.3) is 17.0 Å². The van der Waals surface area contributed by atoms with E-state index in [4.69, 9.17) is 9.15 Å². The molecule has 0 aliphatic carbocycles. The van der Waals surface area contributed by atoms with Gasteiger partial charge in [-0.3, -0.25) is 4.79 Å². The van der Waals surface area contributed by atoms with Crippen molar-refractivity contribution in [2.24, 2.45) is 0 Å². The summed E-state index contributed by atoms with van der Waals surface area (Å²) in [5.41, 5.74) is 2.77. The molecule has 0 saturated heterocycles. The van der Waals surface area contributed by atoms with E-state index in [-0.39, 0.29) is 0 Å². The average Bonchev–Trinajstić information content (AvgIpc) is 3.38. The van der Waals surface area contributed by atoms with Crippen molar-refractivity contribution in [3.05, 3.63) is 102 Å². The maximum absolute atomic E-state index is 10.3. The van der Waals surface area contributed by atoms with E-state index in [1.807, 2.05) is 76.3 Å². The first-order valence-corrected chi connectivity index (χ1v) is 14.2.